The Morgan fingerprint density at radius 3 is 2.21 bits per heavy atom. The SMILES string of the molecule is COc1ccc(CNC(=O)c2ccc(OCC(=O)Nc3cccc(C(F)(F)F)c3)cc2)cc1. The van der Waals surface area contributed by atoms with Crippen LogP contribution >= 0.6 is 0 Å². The first-order valence-corrected chi connectivity index (χ1v) is 9.86. The molecule has 0 aliphatic heterocycles. The number of hydrogen-bond donors (Lipinski definition) is 2. The molecule has 172 valence electrons. The Hall–Kier alpha value is -4.01. The Kier molecular flexibility index (Phi) is 7.55. The molecule has 0 heterocycles. The van der Waals surface area contributed by atoms with E-state index < -0.39 is 24.3 Å². The van der Waals surface area contributed by atoms with Gasteiger partial charge in [0.2, 0.25) is 0 Å². The van der Waals surface area contributed by atoms with Gasteiger partial charge in [0.1, 0.15) is 11.5 Å². The third-order valence-electron chi connectivity index (χ3n) is 4.57. The second-order valence-corrected chi connectivity index (χ2v) is 6.97. The van der Waals surface area contributed by atoms with Gasteiger partial charge in [-0.3, -0.25) is 9.59 Å². The Balaban J connectivity index is 1.47. The first-order valence-electron chi connectivity index (χ1n) is 9.86. The maximum Gasteiger partial charge on any atom is 0.416 e. The molecular weight excluding hydrogens is 437 g/mol. The molecule has 3 rings (SSSR count). The molecule has 3 aromatic rings. The van der Waals surface area contributed by atoms with E-state index in [4.69, 9.17) is 9.47 Å². The third-order valence-corrected chi connectivity index (χ3v) is 4.57. The molecule has 0 bridgehead atoms. The van der Waals surface area contributed by atoms with Crippen molar-refractivity contribution in [2.75, 3.05) is 19.0 Å². The predicted molar refractivity (Wildman–Crippen MR) is 116 cm³/mol. The van der Waals surface area contributed by atoms with E-state index in [1.165, 1.54) is 24.3 Å². The zero-order valence-corrected chi connectivity index (χ0v) is 17.6. The number of anilines is 1. The van der Waals surface area contributed by atoms with Gasteiger partial charge in [-0.2, -0.15) is 13.2 Å². The van der Waals surface area contributed by atoms with Crippen LogP contribution in [0.2, 0.25) is 0 Å². The normalized spacial score (nSPS) is 10.9. The molecule has 33 heavy (non-hydrogen) atoms. The monoisotopic (exact) mass is 458 g/mol. The Bertz CT molecular complexity index is 1100. The average Bonchev–Trinajstić information content (AvgIpc) is 2.81. The summed E-state index contributed by atoms with van der Waals surface area (Å²) in [5.74, 6) is 0.167. The van der Waals surface area contributed by atoms with Gasteiger partial charge >= 0.3 is 6.18 Å². The zero-order valence-electron chi connectivity index (χ0n) is 17.6. The Morgan fingerprint density at radius 1 is 0.909 bits per heavy atom. The number of methoxy groups -OCH3 is 1. The highest BCUT2D eigenvalue weighted by atomic mass is 19.4. The maximum absolute atomic E-state index is 12.8. The predicted octanol–water partition coefficient (Wildman–Crippen LogP) is 4.66. The third kappa shape index (κ3) is 6.99. The summed E-state index contributed by atoms with van der Waals surface area (Å²) in [6, 6.07) is 17.8. The summed E-state index contributed by atoms with van der Waals surface area (Å²) >= 11 is 0. The van der Waals surface area contributed by atoms with Crippen LogP contribution in [0.5, 0.6) is 11.5 Å². The Morgan fingerprint density at radius 2 is 1.58 bits per heavy atom. The first kappa shape index (κ1) is 23.6. The number of alkyl halides is 3. The maximum atomic E-state index is 12.8. The minimum Gasteiger partial charge on any atom is -0.497 e. The van der Waals surface area contributed by atoms with Crippen molar-refractivity contribution >= 4 is 17.5 Å². The van der Waals surface area contributed by atoms with E-state index in [0.29, 0.717) is 17.9 Å². The minimum atomic E-state index is -4.50. The highest BCUT2D eigenvalue weighted by molar-refractivity contribution is 5.94. The molecule has 6 nitrogen and oxygen atoms in total. The van der Waals surface area contributed by atoms with E-state index in [-0.39, 0.29) is 11.6 Å². The molecule has 0 unspecified atom stereocenters. The second kappa shape index (κ2) is 10.5. The number of rotatable bonds is 8. The molecule has 0 saturated heterocycles. The summed E-state index contributed by atoms with van der Waals surface area (Å²) in [6.45, 7) is -0.0595. The molecule has 0 fully saturated rings. The lowest BCUT2D eigenvalue weighted by Gasteiger charge is -2.11. The van der Waals surface area contributed by atoms with Crippen LogP contribution in [0.1, 0.15) is 21.5 Å². The van der Waals surface area contributed by atoms with E-state index in [0.717, 1.165) is 23.4 Å². The largest absolute Gasteiger partial charge is 0.497 e. The summed E-state index contributed by atoms with van der Waals surface area (Å²) in [7, 11) is 1.58. The van der Waals surface area contributed by atoms with Gasteiger partial charge < -0.3 is 20.1 Å². The van der Waals surface area contributed by atoms with Crippen molar-refractivity contribution in [2.45, 2.75) is 12.7 Å². The van der Waals surface area contributed by atoms with Crippen molar-refractivity contribution in [3.05, 3.63) is 89.5 Å². The number of halogens is 3. The first-order chi connectivity index (χ1) is 15.7. The van der Waals surface area contributed by atoms with E-state index in [1.807, 2.05) is 12.1 Å². The molecule has 2 N–H and O–H groups in total. The lowest BCUT2D eigenvalue weighted by molar-refractivity contribution is -0.137. The van der Waals surface area contributed by atoms with Crippen molar-refractivity contribution in [1.82, 2.24) is 5.32 Å². The molecule has 0 atom stereocenters. The van der Waals surface area contributed by atoms with Crippen LogP contribution in [0.25, 0.3) is 0 Å². The second-order valence-electron chi connectivity index (χ2n) is 6.97. The molecular formula is C24H21F3N2O4. The molecule has 0 aliphatic carbocycles. The smallest absolute Gasteiger partial charge is 0.416 e. The summed E-state index contributed by atoms with van der Waals surface area (Å²) in [6.07, 6.45) is -4.50. The molecule has 0 saturated carbocycles. The van der Waals surface area contributed by atoms with Crippen molar-refractivity contribution in [3.63, 3.8) is 0 Å². The fourth-order valence-electron chi connectivity index (χ4n) is 2.85. The lowest BCUT2D eigenvalue weighted by atomic mass is 10.2. The summed E-state index contributed by atoms with van der Waals surface area (Å²) in [5, 5.41) is 5.16. The van der Waals surface area contributed by atoms with E-state index in [9.17, 15) is 22.8 Å². The van der Waals surface area contributed by atoms with Crippen LogP contribution in [0.3, 0.4) is 0 Å². The molecule has 2 amide bonds. The number of nitrogens with one attached hydrogen (secondary N) is 2. The van der Waals surface area contributed by atoms with Gasteiger partial charge in [0.05, 0.1) is 12.7 Å². The minimum absolute atomic E-state index is 0.0160. The topological polar surface area (TPSA) is 76.7 Å². The van der Waals surface area contributed by atoms with Crippen molar-refractivity contribution < 1.29 is 32.2 Å². The number of carbonyl (C=O) groups is 2. The number of carbonyl (C=O) groups excluding carboxylic acids is 2. The van der Waals surface area contributed by atoms with Gasteiger partial charge in [-0.15, -0.1) is 0 Å². The van der Waals surface area contributed by atoms with Gasteiger partial charge in [-0.1, -0.05) is 18.2 Å². The number of hydrogen-bond acceptors (Lipinski definition) is 4. The van der Waals surface area contributed by atoms with Crippen molar-refractivity contribution in [1.29, 1.82) is 0 Å². The van der Waals surface area contributed by atoms with Crippen LogP contribution in [0, 0.1) is 0 Å². The van der Waals surface area contributed by atoms with Crippen LogP contribution < -0.4 is 20.1 Å². The molecule has 9 heteroatoms. The molecule has 3 aromatic carbocycles. The fraction of sp³-hybridized carbons (Fsp3) is 0.167. The average molecular weight is 458 g/mol. The van der Waals surface area contributed by atoms with Crippen LogP contribution in [0.15, 0.2) is 72.8 Å². The van der Waals surface area contributed by atoms with Crippen molar-refractivity contribution in [2.24, 2.45) is 0 Å². The number of ether oxygens (including phenoxy) is 2. The van der Waals surface area contributed by atoms with Crippen LogP contribution in [-0.4, -0.2) is 25.5 Å². The van der Waals surface area contributed by atoms with Crippen LogP contribution in [-0.2, 0) is 17.5 Å². The van der Waals surface area contributed by atoms with E-state index >= 15 is 0 Å². The molecule has 0 aliphatic rings. The van der Waals surface area contributed by atoms with E-state index in [1.54, 1.807) is 31.4 Å². The van der Waals surface area contributed by atoms with Crippen molar-refractivity contribution in [3.8, 4) is 11.5 Å². The number of benzene rings is 3. The summed E-state index contributed by atoms with van der Waals surface area (Å²) < 4.78 is 48.7. The molecule has 0 radical (unpaired) electrons. The molecule has 0 aromatic heterocycles. The Labute approximate surface area is 188 Å². The van der Waals surface area contributed by atoms with Gasteiger partial charge in [0.25, 0.3) is 11.8 Å². The standard InChI is InChI=1S/C24H21F3N2O4/c1-32-20-9-5-16(6-10-20)14-28-23(31)17-7-11-21(12-8-17)33-15-22(30)29-19-4-2-3-18(13-19)24(25,26)27/h2-13H,14-15H2,1H3,(H,28,31)(H,29,30). The highest BCUT2D eigenvalue weighted by Gasteiger charge is 2.30. The van der Waals surface area contributed by atoms with E-state index in [2.05, 4.69) is 10.6 Å². The van der Waals surface area contributed by atoms with Gasteiger partial charge in [0.15, 0.2) is 6.61 Å². The lowest BCUT2D eigenvalue weighted by Crippen LogP contribution is -2.23. The van der Waals surface area contributed by atoms with Gasteiger partial charge in [-0.05, 0) is 60.2 Å². The fourth-order valence-corrected chi connectivity index (χ4v) is 2.85. The molecule has 0 spiro atoms. The van der Waals surface area contributed by atoms with Gasteiger partial charge in [-0.25, -0.2) is 0 Å². The summed E-state index contributed by atoms with van der Waals surface area (Å²) in [4.78, 5) is 24.3. The number of amides is 2. The van der Waals surface area contributed by atoms with Crippen LogP contribution in [0.4, 0.5) is 18.9 Å². The quantitative estimate of drug-likeness (QED) is 0.515. The summed E-state index contributed by atoms with van der Waals surface area (Å²) in [5.41, 5.74) is 0.476. The van der Waals surface area contributed by atoms with Gasteiger partial charge in [0, 0.05) is 17.8 Å². The highest BCUT2D eigenvalue weighted by Crippen LogP contribution is 2.30. The zero-order chi connectivity index (χ0) is 23.8.